The number of nitrogens with zero attached hydrogens (tertiary/aromatic N) is 2. The second-order valence-electron chi connectivity index (χ2n) is 7.50. The first-order valence-corrected chi connectivity index (χ1v) is 12.1. The number of non-ortho nitro benzene ring substituents is 1. The first-order chi connectivity index (χ1) is 15.9. The molecule has 9 heteroatoms. The van der Waals surface area contributed by atoms with Gasteiger partial charge in [0.05, 0.1) is 17.8 Å². The van der Waals surface area contributed by atoms with Gasteiger partial charge in [0.25, 0.3) is 5.69 Å². The van der Waals surface area contributed by atoms with Gasteiger partial charge >= 0.3 is 0 Å². The zero-order chi connectivity index (χ0) is 24.2. The third-order valence-corrected chi connectivity index (χ3v) is 6.08. The summed E-state index contributed by atoms with van der Waals surface area (Å²) in [6, 6.07) is 13.2. The highest BCUT2D eigenvalue weighted by molar-refractivity contribution is 7.99. The average molecular weight is 474 g/mol. The van der Waals surface area contributed by atoms with E-state index in [0.717, 1.165) is 23.3 Å². The number of benzene rings is 2. The Labute approximate surface area is 198 Å². The van der Waals surface area contributed by atoms with Crippen molar-refractivity contribution < 1.29 is 19.2 Å². The van der Waals surface area contributed by atoms with Crippen LogP contribution in [-0.4, -0.2) is 47.1 Å². The number of ether oxygens (including phenoxy) is 1. The molecule has 0 saturated carbocycles. The Hall–Kier alpha value is -3.07. The summed E-state index contributed by atoms with van der Waals surface area (Å²) < 4.78 is 5.20. The number of nitro groups is 1. The van der Waals surface area contributed by atoms with Crippen molar-refractivity contribution >= 4 is 29.3 Å². The van der Waals surface area contributed by atoms with Crippen LogP contribution < -0.4 is 10.1 Å². The molecule has 33 heavy (non-hydrogen) atoms. The fourth-order valence-electron chi connectivity index (χ4n) is 3.27. The van der Waals surface area contributed by atoms with Gasteiger partial charge in [-0.25, -0.2) is 0 Å². The number of methoxy groups -OCH3 is 1. The number of hydrogen-bond donors (Lipinski definition) is 1. The van der Waals surface area contributed by atoms with E-state index >= 15 is 0 Å². The molecule has 0 unspecified atom stereocenters. The van der Waals surface area contributed by atoms with E-state index in [1.807, 2.05) is 38.1 Å². The molecule has 0 aliphatic heterocycles. The number of rotatable bonds is 13. The Balaban J connectivity index is 2.09. The zero-order valence-corrected chi connectivity index (χ0v) is 20.1. The minimum atomic E-state index is -0.564. The van der Waals surface area contributed by atoms with Gasteiger partial charge in [0.2, 0.25) is 11.8 Å². The van der Waals surface area contributed by atoms with Crippen LogP contribution in [0.15, 0.2) is 48.5 Å². The Morgan fingerprint density at radius 1 is 1.09 bits per heavy atom. The van der Waals surface area contributed by atoms with Crippen molar-refractivity contribution in [2.24, 2.45) is 0 Å². The molecule has 0 aliphatic carbocycles. The Bertz CT molecular complexity index is 919. The maximum absolute atomic E-state index is 13.2. The molecular formula is C24H31N3O5S. The lowest BCUT2D eigenvalue weighted by molar-refractivity contribution is -0.384. The molecule has 0 bridgehead atoms. The average Bonchev–Trinajstić information content (AvgIpc) is 2.83. The topological polar surface area (TPSA) is 102 Å². The van der Waals surface area contributed by atoms with Crippen molar-refractivity contribution in [3.05, 3.63) is 69.8 Å². The lowest BCUT2D eigenvalue weighted by Gasteiger charge is -2.30. The molecule has 2 aromatic rings. The summed E-state index contributed by atoms with van der Waals surface area (Å²) in [5.74, 6) is 1.18. The van der Waals surface area contributed by atoms with E-state index in [0.29, 0.717) is 25.3 Å². The molecule has 0 radical (unpaired) electrons. The first-order valence-electron chi connectivity index (χ1n) is 10.9. The summed E-state index contributed by atoms with van der Waals surface area (Å²) in [5.41, 5.74) is 1.84. The van der Waals surface area contributed by atoms with Gasteiger partial charge in [0.1, 0.15) is 11.8 Å². The number of carbonyl (C=O) groups is 2. The number of hydrogen-bond acceptors (Lipinski definition) is 6. The van der Waals surface area contributed by atoms with Gasteiger partial charge in [-0.3, -0.25) is 19.7 Å². The standard InChI is InChI=1S/C24H31N3O5S/c1-4-14-25-24(29)22(5-2)26(15-18-8-12-21(32-3)13-9-18)23(28)17-33-16-19-6-10-20(11-7-19)27(30)31/h6-13,22H,4-5,14-17H2,1-3H3,(H,25,29)/t22-/m0/s1. The maximum atomic E-state index is 13.2. The van der Waals surface area contributed by atoms with E-state index in [1.54, 1.807) is 24.1 Å². The molecule has 0 heterocycles. The second kappa shape index (κ2) is 13.5. The van der Waals surface area contributed by atoms with E-state index in [9.17, 15) is 19.7 Å². The number of thioether (sulfide) groups is 1. The summed E-state index contributed by atoms with van der Waals surface area (Å²) in [7, 11) is 1.60. The van der Waals surface area contributed by atoms with Gasteiger partial charge in [0.15, 0.2) is 0 Å². The second-order valence-corrected chi connectivity index (χ2v) is 8.49. The quantitative estimate of drug-likeness (QED) is 0.346. The Kier molecular flexibility index (Phi) is 10.7. The highest BCUT2D eigenvalue weighted by Crippen LogP contribution is 2.20. The fourth-order valence-corrected chi connectivity index (χ4v) is 4.14. The van der Waals surface area contributed by atoms with Crippen molar-refractivity contribution in [3.8, 4) is 5.75 Å². The molecule has 0 spiro atoms. The number of nitro benzene ring substituents is 1. The van der Waals surface area contributed by atoms with Gasteiger partial charge in [-0.15, -0.1) is 11.8 Å². The molecule has 0 fully saturated rings. The van der Waals surface area contributed by atoms with Crippen molar-refractivity contribution in [2.45, 2.75) is 45.0 Å². The van der Waals surface area contributed by atoms with Crippen LogP contribution in [-0.2, 0) is 21.9 Å². The SMILES string of the molecule is CCCNC(=O)[C@H](CC)N(Cc1ccc(OC)cc1)C(=O)CSCc1ccc([N+](=O)[O-])cc1. The van der Waals surface area contributed by atoms with E-state index < -0.39 is 11.0 Å². The van der Waals surface area contributed by atoms with E-state index in [1.165, 1.54) is 23.9 Å². The summed E-state index contributed by atoms with van der Waals surface area (Å²) in [6.07, 6.45) is 1.32. The largest absolute Gasteiger partial charge is 0.497 e. The van der Waals surface area contributed by atoms with Crippen molar-refractivity contribution in [1.29, 1.82) is 0 Å². The van der Waals surface area contributed by atoms with Crippen molar-refractivity contribution in [3.63, 3.8) is 0 Å². The van der Waals surface area contributed by atoms with Crippen LogP contribution >= 0.6 is 11.8 Å². The molecule has 1 N–H and O–H groups in total. The number of amides is 2. The molecule has 0 saturated heterocycles. The van der Waals surface area contributed by atoms with Crippen LogP contribution in [0.25, 0.3) is 0 Å². The highest BCUT2D eigenvalue weighted by atomic mass is 32.2. The Morgan fingerprint density at radius 2 is 1.73 bits per heavy atom. The highest BCUT2D eigenvalue weighted by Gasteiger charge is 2.28. The predicted octanol–water partition coefficient (Wildman–Crippen LogP) is 4.17. The van der Waals surface area contributed by atoms with Crippen LogP contribution in [0.2, 0.25) is 0 Å². The first kappa shape index (κ1) is 26.2. The summed E-state index contributed by atoms with van der Waals surface area (Å²) >= 11 is 1.42. The predicted molar refractivity (Wildman–Crippen MR) is 130 cm³/mol. The van der Waals surface area contributed by atoms with Gasteiger partial charge < -0.3 is 15.0 Å². The third kappa shape index (κ3) is 8.09. The molecule has 0 aromatic heterocycles. The van der Waals surface area contributed by atoms with E-state index in [4.69, 9.17) is 4.74 Å². The Morgan fingerprint density at radius 3 is 2.27 bits per heavy atom. The van der Waals surface area contributed by atoms with Gasteiger partial charge in [-0.1, -0.05) is 38.1 Å². The lowest BCUT2D eigenvalue weighted by atomic mass is 10.1. The molecule has 1 atom stereocenters. The molecule has 8 nitrogen and oxygen atoms in total. The van der Waals surface area contributed by atoms with E-state index in [-0.39, 0.29) is 23.3 Å². The smallest absolute Gasteiger partial charge is 0.269 e. The minimum absolute atomic E-state index is 0.0365. The van der Waals surface area contributed by atoms with Crippen molar-refractivity contribution in [1.82, 2.24) is 10.2 Å². The summed E-state index contributed by atoms with van der Waals surface area (Å²) in [6.45, 7) is 4.76. The third-order valence-electron chi connectivity index (χ3n) is 5.09. The number of nitrogens with one attached hydrogen (secondary N) is 1. The summed E-state index contributed by atoms with van der Waals surface area (Å²) in [5, 5.41) is 13.7. The normalized spacial score (nSPS) is 11.5. The van der Waals surface area contributed by atoms with Crippen molar-refractivity contribution in [2.75, 3.05) is 19.4 Å². The van der Waals surface area contributed by atoms with Gasteiger partial charge in [-0.2, -0.15) is 0 Å². The zero-order valence-electron chi connectivity index (χ0n) is 19.3. The molecular weight excluding hydrogens is 442 g/mol. The molecule has 0 aliphatic rings. The van der Waals surface area contributed by atoms with Crippen LogP contribution in [0.3, 0.4) is 0 Å². The van der Waals surface area contributed by atoms with Crippen LogP contribution in [0.5, 0.6) is 5.75 Å². The van der Waals surface area contributed by atoms with Crippen LogP contribution in [0.4, 0.5) is 5.69 Å². The lowest BCUT2D eigenvalue weighted by Crippen LogP contribution is -2.49. The monoisotopic (exact) mass is 473 g/mol. The van der Waals surface area contributed by atoms with Gasteiger partial charge in [0, 0.05) is 31.0 Å². The molecule has 178 valence electrons. The molecule has 2 rings (SSSR count). The number of carbonyl (C=O) groups excluding carboxylic acids is 2. The maximum Gasteiger partial charge on any atom is 0.269 e. The van der Waals surface area contributed by atoms with Gasteiger partial charge in [-0.05, 0) is 36.1 Å². The molecule has 2 aromatic carbocycles. The summed E-state index contributed by atoms with van der Waals surface area (Å²) in [4.78, 5) is 38.0. The fraction of sp³-hybridized carbons (Fsp3) is 0.417. The van der Waals surface area contributed by atoms with Crippen LogP contribution in [0, 0.1) is 10.1 Å². The minimum Gasteiger partial charge on any atom is -0.497 e. The van der Waals surface area contributed by atoms with Crippen LogP contribution in [0.1, 0.15) is 37.8 Å². The van der Waals surface area contributed by atoms with E-state index in [2.05, 4.69) is 5.32 Å². The molecule has 2 amide bonds.